The molecule has 1 saturated heterocycles. The van der Waals surface area contributed by atoms with Crippen LogP contribution in [-0.2, 0) is 38.6 Å². The third-order valence-electron chi connectivity index (χ3n) is 4.27. The highest BCUT2D eigenvalue weighted by molar-refractivity contribution is 7.91. The maximum Gasteiger partial charge on any atom is 0.333 e. The fourth-order valence-corrected chi connectivity index (χ4v) is 4.23. The zero-order valence-electron chi connectivity index (χ0n) is 15.3. The lowest BCUT2D eigenvalue weighted by Crippen LogP contribution is -2.32. The number of carbonyl (C=O) groups is 5. The van der Waals surface area contributed by atoms with E-state index in [4.69, 9.17) is 4.84 Å². The first-order valence-corrected chi connectivity index (χ1v) is 10.8. The molecular formula is C17H22N2O8S. The quantitative estimate of drug-likeness (QED) is 0.337. The average molecular weight is 414 g/mol. The average Bonchev–Trinajstić information content (AvgIpc) is 3.12. The largest absolute Gasteiger partial charge is 0.333 e. The number of hydrogen-bond acceptors (Lipinski definition) is 8. The summed E-state index contributed by atoms with van der Waals surface area (Å²) >= 11 is 0. The number of amides is 4. The van der Waals surface area contributed by atoms with Gasteiger partial charge in [-0.05, 0) is 25.7 Å². The van der Waals surface area contributed by atoms with E-state index >= 15 is 0 Å². The molecular weight excluding hydrogens is 392 g/mol. The molecule has 0 bridgehead atoms. The van der Waals surface area contributed by atoms with Gasteiger partial charge in [0.1, 0.15) is 9.84 Å². The van der Waals surface area contributed by atoms with Crippen LogP contribution in [-0.4, -0.2) is 66.0 Å². The third kappa shape index (κ3) is 6.25. The van der Waals surface area contributed by atoms with Crippen molar-refractivity contribution in [2.75, 3.05) is 18.1 Å². The molecule has 0 N–H and O–H groups in total. The van der Waals surface area contributed by atoms with E-state index in [2.05, 4.69) is 0 Å². The van der Waals surface area contributed by atoms with E-state index in [9.17, 15) is 32.4 Å². The van der Waals surface area contributed by atoms with Gasteiger partial charge in [-0.3, -0.25) is 24.1 Å². The number of imide groups is 2. The van der Waals surface area contributed by atoms with Crippen LogP contribution in [0, 0.1) is 0 Å². The van der Waals surface area contributed by atoms with Crippen molar-refractivity contribution in [3.8, 4) is 0 Å². The molecule has 2 heterocycles. The molecule has 1 fully saturated rings. The zero-order valence-corrected chi connectivity index (χ0v) is 16.1. The molecule has 0 aliphatic carbocycles. The lowest BCUT2D eigenvalue weighted by molar-refractivity contribution is -0.197. The fourth-order valence-electron chi connectivity index (χ4n) is 2.74. The molecule has 2 rings (SSSR count). The topological polar surface area (TPSA) is 135 Å². The number of rotatable bonds is 11. The summed E-state index contributed by atoms with van der Waals surface area (Å²) in [5.74, 6) is -2.84. The third-order valence-corrected chi connectivity index (χ3v) is 6.09. The highest BCUT2D eigenvalue weighted by atomic mass is 32.2. The summed E-state index contributed by atoms with van der Waals surface area (Å²) in [6.07, 6.45) is 3.49. The van der Waals surface area contributed by atoms with Crippen LogP contribution in [0.4, 0.5) is 0 Å². The van der Waals surface area contributed by atoms with Crippen LogP contribution in [0.25, 0.3) is 0 Å². The predicted octanol–water partition coefficient (Wildman–Crippen LogP) is -0.116. The molecule has 0 saturated carbocycles. The van der Waals surface area contributed by atoms with E-state index in [0.717, 1.165) is 4.90 Å². The van der Waals surface area contributed by atoms with Crippen LogP contribution in [0.2, 0.25) is 0 Å². The van der Waals surface area contributed by atoms with Gasteiger partial charge >= 0.3 is 5.97 Å². The monoisotopic (exact) mass is 414 g/mol. The summed E-state index contributed by atoms with van der Waals surface area (Å²) < 4.78 is 24.0. The van der Waals surface area contributed by atoms with Crippen molar-refractivity contribution in [2.24, 2.45) is 0 Å². The van der Waals surface area contributed by atoms with Gasteiger partial charge in [-0.15, -0.1) is 5.06 Å². The van der Waals surface area contributed by atoms with Crippen molar-refractivity contribution in [3.05, 3.63) is 12.2 Å². The number of sulfone groups is 1. The maximum absolute atomic E-state index is 12.0. The molecule has 28 heavy (non-hydrogen) atoms. The number of hydrogen-bond donors (Lipinski definition) is 0. The summed E-state index contributed by atoms with van der Waals surface area (Å²) in [6.45, 7) is 0.181. The van der Waals surface area contributed by atoms with E-state index in [1.54, 1.807) is 0 Å². The molecule has 11 heteroatoms. The second-order valence-corrected chi connectivity index (χ2v) is 8.83. The first-order valence-electron chi connectivity index (χ1n) is 9.00. The van der Waals surface area contributed by atoms with Crippen molar-refractivity contribution >= 4 is 39.4 Å². The van der Waals surface area contributed by atoms with Crippen molar-refractivity contribution in [3.63, 3.8) is 0 Å². The van der Waals surface area contributed by atoms with Crippen LogP contribution in [0.3, 0.4) is 0 Å². The summed E-state index contributed by atoms with van der Waals surface area (Å²) in [7, 11) is -3.32. The van der Waals surface area contributed by atoms with Gasteiger partial charge in [0.25, 0.3) is 23.6 Å². The van der Waals surface area contributed by atoms with Crippen LogP contribution < -0.4 is 0 Å². The van der Waals surface area contributed by atoms with Crippen LogP contribution in [0.1, 0.15) is 44.9 Å². The molecule has 0 radical (unpaired) electrons. The standard InChI is InChI=1S/C17H22N2O8S/c20-13-6-7-14(21)18(13)10-2-4-12-28(25,26)11-3-1-5-17(24)27-19-15(22)8-9-16(19)23/h6-7H,1-5,8-12H2. The highest BCUT2D eigenvalue weighted by Crippen LogP contribution is 2.13. The van der Waals surface area contributed by atoms with Crippen LogP contribution >= 0.6 is 0 Å². The summed E-state index contributed by atoms with van der Waals surface area (Å²) in [4.78, 5) is 62.8. The fraction of sp³-hybridized carbons (Fsp3) is 0.588. The Balaban J connectivity index is 1.58. The minimum Gasteiger partial charge on any atom is -0.330 e. The Labute approximate surface area is 162 Å². The van der Waals surface area contributed by atoms with E-state index in [1.807, 2.05) is 0 Å². The van der Waals surface area contributed by atoms with Gasteiger partial charge in [-0.2, -0.15) is 0 Å². The Morgan fingerprint density at radius 1 is 0.893 bits per heavy atom. The zero-order chi connectivity index (χ0) is 20.7. The Bertz CT molecular complexity index is 768. The molecule has 10 nitrogen and oxygen atoms in total. The van der Waals surface area contributed by atoms with Crippen LogP contribution in [0.15, 0.2) is 12.2 Å². The summed E-state index contributed by atoms with van der Waals surface area (Å²) in [6, 6.07) is 0. The van der Waals surface area contributed by atoms with Gasteiger partial charge in [-0.25, -0.2) is 13.2 Å². The smallest absolute Gasteiger partial charge is 0.330 e. The van der Waals surface area contributed by atoms with Crippen LogP contribution in [0.5, 0.6) is 0 Å². The van der Waals surface area contributed by atoms with Crippen molar-refractivity contribution in [1.82, 2.24) is 9.96 Å². The molecule has 0 aromatic heterocycles. The predicted molar refractivity (Wildman–Crippen MR) is 94.8 cm³/mol. The van der Waals surface area contributed by atoms with Gasteiger partial charge in [-0.1, -0.05) is 0 Å². The SMILES string of the molecule is O=C(CCCCS(=O)(=O)CCCCN1C(=O)C=CC1=O)ON1C(=O)CCC1=O. The Kier molecular flexibility index (Phi) is 7.44. The van der Waals surface area contributed by atoms with E-state index in [0.29, 0.717) is 17.9 Å². The Hall–Kier alpha value is -2.56. The Morgan fingerprint density at radius 2 is 1.43 bits per heavy atom. The van der Waals surface area contributed by atoms with Crippen molar-refractivity contribution in [2.45, 2.75) is 44.9 Å². The van der Waals surface area contributed by atoms with E-state index in [1.165, 1.54) is 12.2 Å². The normalized spacial score (nSPS) is 17.1. The lowest BCUT2D eigenvalue weighted by atomic mass is 10.2. The molecule has 0 unspecified atom stereocenters. The first kappa shape index (κ1) is 21.7. The maximum atomic E-state index is 12.0. The van der Waals surface area contributed by atoms with Gasteiger partial charge < -0.3 is 4.84 Å². The summed E-state index contributed by atoms with van der Waals surface area (Å²) in [5.41, 5.74) is 0. The van der Waals surface area contributed by atoms with E-state index < -0.39 is 39.4 Å². The minimum absolute atomic E-state index is 0.0148. The molecule has 154 valence electrons. The molecule has 2 aliphatic heterocycles. The second-order valence-electron chi connectivity index (χ2n) is 6.52. The first-order chi connectivity index (χ1) is 13.2. The van der Waals surface area contributed by atoms with Gasteiger partial charge in [0.15, 0.2) is 0 Å². The van der Waals surface area contributed by atoms with Gasteiger partial charge in [0, 0.05) is 38.0 Å². The molecule has 0 spiro atoms. The molecule has 0 atom stereocenters. The Morgan fingerprint density at radius 3 is 2.00 bits per heavy atom. The van der Waals surface area contributed by atoms with Gasteiger partial charge in [0.2, 0.25) is 0 Å². The lowest BCUT2D eigenvalue weighted by Gasteiger charge is -2.13. The van der Waals surface area contributed by atoms with Gasteiger partial charge in [0.05, 0.1) is 11.5 Å². The highest BCUT2D eigenvalue weighted by Gasteiger charge is 2.32. The molecule has 0 aromatic rings. The second kappa shape index (κ2) is 9.58. The van der Waals surface area contributed by atoms with Crippen molar-refractivity contribution < 1.29 is 37.2 Å². The number of unbranched alkanes of at least 4 members (excludes halogenated alkanes) is 2. The minimum atomic E-state index is -3.32. The molecule has 2 aliphatic rings. The number of carbonyl (C=O) groups excluding carboxylic acids is 5. The van der Waals surface area contributed by atoms with E-state index in [-0.39, 0.29) is 50.2 Å². The number of hydroxylamine groups is 2. The number of nitrogens with zero attached hydrogens (tertiary/aromatic N) is 2. The molecule has 0 aromatic carbocycles. The molecule has 4 amide bonds. The summed E-state index contributed by atoms with van der Waals surface area (Å²) in [5, 5.41) is 0.463. The van der Waals surface area contributed by atoms with Crippen molar-refractivity contribution in [1.29, 1.82) is 0 Å².